The highest BCUT2D eigenvalue weighted by Gasteiger charge is 2.06. The summed E-state index contributed by atoms with van der Waals surface area (Å²) in [5.74, 6) is 0. The van der Waals surface area contributed by atoms with Gasteiger partial charge in [-0.25, -0.2) is 5.01 Å². The molecule has 0 fully saturated rings. The lowest BCUT2D eigenvalue weighted by Crippen LogP contribution is -2.48. The van der Waals surface area contributed by atoms with Gasteiger partial charge in [0.1, 0.15) is 0 Å². The Balaban J connectivity index is 3.86. The average molecular weight is 186 g/mol. The van der Waals surface area contributed by atoms with Gasteiger partial charge in [0.15, 0.2) is 0 Å². The first-order valence-corrected chi connectivity index (χ1v) is 4.82. The van der Waals surface area contributed by atoms with Crippen LogP contribution in [0.4, 0.5) is 0 Å². The van der Waals surface area contributed by atoms with Gasteiger partial charge in [0.2, 0.25) is 0 Å². The molecule has 0 saturated carbocycles. The summed E-state index contributed by atoms with van der Waals surface area (Å²) < 4.78 is 0. The Bertz CT molecular complexity index is 130. The van der Waals surface area contributed by atoms with Crippen LogP contribution in [0.5, 0.6) is 0 Å². The van der Waals surface area contributed by atoms with E-state index in [2.05, 4.69) is 17.4 Å². The van der Waals surface area contributed by atoms with Crippen LogP contribution in [0.2, 0.25) is 0 Å². The van der Waals surface area contributed by atoms with Gasteiger partial charge in [0.25, 0.3) is 0 Å². The number of allylic oxidation sites excluding steroid dienone is 1. The Morgan fingerprint density at radius 2 is 2.08 bits per heavy atom. The smallest absolute Gasteiger partial charge is 0.0273 e. The number of hydrogen-bond acceptors (Lipinski definition) is 4. The summed E-state index contributed by atoms with van der Waals surface area (Å²) >= 11 is 0. The predicted molar refractivity (Wildman–Crippen MR) is 56.6 cm³/mol. The molecule has 4 nitrogen and oxygen atoms in total. The molecule has 0 aromatic carbocycles. The van der Waals surface area contributed by atoms with Crippen LogP contribution >= 0.6 is 0 Å². The Hall–Kier alpha value is -0.580. The lowest BCUT2D eigenvalue weighted by molar-refractivity contribution is -0.0296. The van der Waals surface area contributed by atoms with Crippen LogP contribution in [0.3, 0.4) is 0 Å². The van der Waals surface area contributed by atoms with Gasteiger partial charge >= 0.3 is 0 Å². The largest absolute Gasteiger partial charge is 0.329 e. The minimum absolute atomic E-state index is 0.682. The highest BCUT2D eigenvalue weighted by atomic mass is 15.8. The second-order valence-electron chi connectivity index (χ2n) is 2.90. The molecule has 3 N–H and O–H groups in total. The average Bonchev–Trinajstić information content (AvgIpc) is 2.14. The molecule has 0 rings (SSSR count). The first-order chi connectivity index (χ1) is 6.26. The van der Waals surface area contributed by atoms with E-state index in [9.17, 15) is 0 Å². The minimum Gasteiger partial charge on any atom is -0.329 e. The maximum absolute atomic E-state index is 5.51. The van der Waals surface area contributed by atoms with Crippen molar-refractivity contribution >= 4 is 0 Å². The van der Waals surface area contributed by atoms with Gasteiger partial charge in [0, 0.05) is 32.9 Å². The van der Waals surface area contributed by atoms with E-state index in [1.807, 2.05) is 31.4 Å². The fourth-order valence-corrected chi connectivity index (χ4v) is 1.08. The minimum atomic E-state index is 0.682. The molecule has 0 aromatic rings. The molecule has 78 valence electrons. The first-order valence-electron chi connectivity index (χ1n) is 4.82. The van der Waals surface area contributed by atoms with Gasteiger partial charge in [-0.2, -0.15) is 5.12 Å². The summed E-state index contributed by atoms with van der Waals surface area (Å²) in [4.78, 5) is 0. The highest BCUT2D eigenvalue weighted by Crippen LogP contribution is 1.92. The van der Waals surface area contributed by atoms with E-state index >= 15 is 0 Å². The zero-order chi connectivity index (χ0) is 10.1. The standard InChI is InChI=1S/C9H22N4/c1-4-7-11-12(3)13(8-5-2)9-6-10/h4,7,11H,5-6,8-10H2,1-3H3. The van der Waals surface area contributed by atoms with Gasteiger partial charge in [0.05, 0.1) is 0 Å². The summed E-state index contributed by atoms with van der Waals surface area (Å²) in [7, 11) is 1.99. The summed E-state index contributed by atoms with van der Waals surface area (Å²) in [5, 5.41) is 4.15. The maximum Gasteiger partial charge on any atom is 0.0273 e. The van der Waals surface area contributed by atoms with Crippen molar-refractivity contribution in [1.82, 2.24) is 15.6 Å². The van der Waals surface area contributed by atoms with Gasteiger partial charge in [-0.05, 0) is 13.3 Å². The zero-order valence-corrected chi connectivity index (χ0v) is 8.95. The predicted octanol–water partition coefficient (Wildman–Crippen LogP) is 0.542. The molecule has 0 radical (unpaired) electrons. The Labute approximate surface area is 81.3 Å². The topological polar surface area (TPSA) is 44.5 Å². The third-order valence-corrected chi connectivity index (χ3v) is 1.72. The summed E-state index contributed by atoms with van der Waals surface area (Å²) in [5.41, 5.74) is 8.64. The Morgan fingerprint density at radius 3 is 2.54 bits per heavy atom. The number of nitrogens with two attached hydrogens (primary N) is 1. The van der Waals surface area contributed by atoms with Crippen molar-refractivity contribution in [3.05, 3.63) is 12.3 Å². The van der Waals surface area contributed by atoms with E-state index in [-0.39, 0.29) is 0 Å². The van der Waals surface area contributed by atoms with Crippen molar-refractivity contribution in [2.75, 3.05) is 26.7 Å². The van der Waals surface area contributed by atoms with Crippen molar-refractivity contribution in [1.29, 1.82) is 0 Å². The summed E-state index contributed by atoms with van der Waals surface area (Å²) in [6.45, 7) is 6.73. The lowest BCUT2D eigenvalue weighted by Gasteiger charge is -2.30. The van der Waals surface area contributed by atoms with Crippen LogP contribution < -0.4 is 11.2 Å². The van der Waals surface area contributed by atoms with Crippen LogP contribution in [-0.4, -0.2) is 36.8 Å². The monoisotopic (exact) mass is 186 g/mol. The molecule has 0 aliphatic rings. The molecule has 0 aliphatic heterocycles. The molecular formula is C9H22N4. The number of hydrazine groups is 2. The molecule has 0 amide bonds. The Morgan fingerprint density at radius 1 is 1.38 bits per heavy atom. The van der Waals surface area contributed by atoms with Crippen molar-refractivity contribution < 1.29 is 0 Å². The summed E-state index contributed by atoms with van der Waals surface area (Å²) in [6.07, 6.45) is 4.99. The molecule has 13 heavy (non-hydrogen) atoms. The van der Waals surface area contributed by atoms with E-state index in [1.165, 1.54) is 0 Å². The fourth-order valence-electron chi connectivity index (χ4n) is 1.08. The number of nitrogens with zero attached hydrogens (tertiary/aromatic N) is 2. The molecule has 0 unspecified atom stereocenters. The molecule has 0 saturated heterocycles. The third-order valence-electron chi connectivity index (χ3n) is 1.72. The van der Waals surface area contributed by atoms with E-state index in [1.54, 1.807) is 0 Å². The molecule has 0 atom stereocenters. The molecular weight excluding hydrogens is 164 g/mol. The number of hydrogen-bond donors (Lipinski definition) is 2. The van der Waals surface area contributed by atoms with Gasteiger partial charge in [-0.1, -0.05) is 13.0 Å². The lowest BCUT2D eigenvalue weighted by atomic mass is 10.4. The number of nitrogens with one attached hydrogen (secondary N) is 1. The van der Waals surface area contributed by atoms with Crippen LogP contribution in [0.1, 0.15) is 20.3 Å². The number of rotatable bonds is 7. The van der Waals surface area contributed by atoms with Gasteiger partial charge in [-0.3, -0.25) is 0 Å². The van der Waals surface area contributed by atoms with Crippen molar-refractivity contribution in [2.24, 2.45) is 5.73 Å². The molecule has 4 heteroatoms. The van der Waals surface area contributed by atoms with Gasteiger partial charge < -0.3 is 11.2 Å². The summed E-state index contributed by atoms with van der Waals surface area (Å²) in [6, 6.07) is 0. The maximum atomic E-state index is 5.51. The van der Waals surface area contributed by atoms with E-state index in [0.717, 1.165) is 19.5 Å². The Kier molecular flexibility index (Phi) is 7.68. The SMILES string of the molecule is CC=CNN(C)N(CCC)CCN. The van der Waals surface area contributed by atoms with E-state index in [4.69, 9.17) is 5.73 Å². The molecule has 0 spiro atoms. The third kappa shape index (κ3) is 5.63. The van der Waals surface area contributed by atoms with Gasteiger partial charge in [-0.15, -0.1) is 0 Å². The first kappa shape index (κ1) is 12.4. The molecule has 0 aromatic heterocycles. The second kappa shape index (κ2) is 8.04. The quantitative estimate of drug-likeness (QED) is 0.570. The fraction of sp³-hybridized carbons (Fsp3) is 0.778. The van der Waals surface area contributed by atoms with Crippen molar-refractivity contribution in [3.8, 4) is 0 Å². The van der Waals surface area contributed by atoms with Crippen LogP contribution in [0, 0.1) is 0 Å². The van der Waals surface area contributed by atoms with Crippen LogP contribution in [-0.2, 0) is 0 Å². The van der Waals surface area contributed by atoms with Crippen LogP contribution in [0.15, 0.2) is 12.3 Å². The van der Waals surface area contributed by atoms with Crippen molar-refractivity contribution in [3.63, 3.8) is 0 Å². The van der Waals surface area contributed by atoms with E-state index in [0.29, 0.717) is 6.54 Å². The molecule has 0 heterocycles. The normalized spacial score (nSPS) is 11.8. The van der Waals surface area contributed by atoms with Crippen LogP contribution in [0.25, 0.3) is 0 Å². The van der Waals surface area contributed by atoms with E-state index < -0.39 is 0 Å². The zero-order valence-electron chi connectivity index (χ0n) is 8.95. The second-order valence-corrected chi connectivity index (χ2v) is 2.90. The molecule has 0 aliphatic carbocycles. The molecule has 0 bridgehead atoms. The van der Waals surface area contributed by atoms with Crippen molar-refractivity contribution in [2.45, 2.75) is 20.3 Å². The highest BCUT2D eigenvalue weighted by molar-refractivity contribution is 4.71.